The fraction of sp³-hybridized carbons (Fsp3) is 0.619. The van der Waals surface area contributed by atoms with Crippen LogP contribution in [0.15, 0.2) is 24.3 Å². The molecular formula is C21H26F4N2O3. The molecule has 2 heterocycles. The predicted molar refractivity (Wildman–Crippen MR) is 101 cm³/mol. The van der Waals surface area contributed by atoms with E-state index in [1.165, 1.54) is 50.9 Å². The molecule has 9 heteroatoms. The highest BCUT2D eigenvalue weighted by Gasteiger charge is 2.45. The third kappa shape index (κ3) is 5.50. The number of benzene rings is 1. The molecule has 1 spiro atoms. The van der Waals surface area contributed by atoms with E-state index in [0.717, 1.165) is 31.8 Å². The Balaban J connectivity index is 0.000000318. The van der Waals surface area contributed by atoms with Gasteiger partial charge < -0.3 is 10.0 Å². The second-order valence-electron chi connectivity index (χ2n) is 8.32. The van der Waals surface area contributed by atoms with Crippen molar-refractivity contribution in [1.82, 2.24) is 9.80 Å². The summed E-state index contributed by atoms with van der Waals surface area (Å²) in [5.41, 5.74) is 0.809. The number of amides is 1. The molecule has 30 heavy (non-hydrogen) atoms. The Hall–Kier alpha value is -2.16. The third-order valence-corrected chi connectivity index (χ3v) is 6.21. The standard InChI is InChI=1S/C19H25FN2O.C2HF3O2/c20-17-4-1-3-16(13-17)18(23)21-11-8-19(9-12-21)7-2-10-22(19)14-15-5-6-15;3-2(4,5)1(6)7/h1,3-4,13,15H,2,5-12,14H2;(H,6,7). The first-order chi connectivity index (χ1) is 14.1. The Morgan fingerprint density at radius 3 is 2.27 bits per heavy atom. The number of hydrogen-bond acceptors (Lipinski definition) is 3. The van der Waals surface area contributed by atoms with Gasteiger partial charge in [-0.15, -0.1) is 0 Å². The molecular weight excluding hydrogens is 404 g/mol. The largest absolute Gasteiger partial charge is 0.490 e. The molecule has 1 N–H and O–H groups in total. The van der Waals surface area contributed by atoms with Gasteiger partial charge in [0, 0.05) is 30.7 Å². The number of hydrogen-bond donors (Lipinski definition) is 1. The molecule has 1 aliphatic carbocycles. The fourth-order valence-electron chi connectivity index (χ4n) is 4.39. The van der Waals surface area contributed by atoms with E-state index < -0.39 is 12.1 Å². The molecule has 0 radical (unpaired) electrons. The van der Waals surface area contributed by atoms with Gasteiger partial charge in [0.15, 0.2) is 0 Å². The number of rotatable bonds is 3. The lowest BCUT2D eigenvalue weighted by atomic mass is 9.84. The van der Waals surface area contributed by atoms with Gasteiger partial charge in [0.25, 0.3) is 5.91 Å². The van der Waals surface area contributed by atoms with Crippen LogP contribution in [0.2, 0.25) is 0 Å². The van der Waals surface area contributed by atoms with E-state index in [2.05, 4.69) is 4.90 Å². The zero-order valence-corrected chi connectivity index (χ0v) is 16.6. The summed E-state index contributed by atoms with van der Waals surface area (Å²) in [6.07, 6.45) is 2.43. The van der Waals surface area contributed by atoms with Gasteiger partial charge in [-0.1, -0.05) is 6.07 Å². The number of nitrogens with zero attached hydrogens (tertiary/aromatic N) is 2. The predicted octanol–water partition coefficient (Wildman–Crippen LogP) is 3.94. The second-order valence-corrected chi connectivity index (χ2v) is 8.32. The van der Waals surface area contributed by atoms with Gasteiger partial charge in [0.05, 0.1) is 0 Å². The summed E-state index contributed by atoms with van der Waals surface area (Å²) < 4.78 is 45.1. The van der Waals surface area contributed by atoms with E-state index in [-0.39, 0.29) is 11.7 Å². The van der Waals surface area contributed by atoms with Crippen molar-refractivity contribution in [2.75, 3.05) is 26.2 Å². The number of halogens is 4. The van der Waals surface area contributed by atoms with Crippen LogP contribution in [-0.4, -0.2) is 64.7 Å². The van der Waals surface area contributed by atoms with Gasteiger partial charge >= 0.3 is 12.1 Å². The first-order valence-electron chi connectivity index (χ1n) is 10.2. The molecule has 3 aliphatic rings. The maximum atomic E-state index is 13.3. The van der Waals surface area contributed by atoms with Crippen molar-refractivity contribution in [3.05, 3.63) is 35.6 Å². The van der Waals surface area contributed by atoms with Crippen molar-refractivity contribution in [1.29, 1.82) is 0 Å². The van der Waals surface area contributed by atoms with Crippen LogP contribution in [0.5, 0.6) is 0 Å². The van der Waals surface area contributed by atoms with Crippen molar-refractivity contribution >= 4 is 11.9 Å². The van der Waals surface area contributed by atoms with Crippen molar-refractivity contribution in [3.63, 3.8) is 0 Å². The van der Waals surface area contributed by atoms with Gasteiger partial charge in [0.1, 0.15) is 5.82 Å². The monoisotopic (exact) mass is 430 g/mol. The van der Waals surface area contributed by atoms with E-state index in [9.17, 15) is 22.4 Å². The smallest absolute Gasteiger partial charge is 0.475 e. The summed E-state index contributed by atoms with van der Waals surface area (Å²) in [6, 6.07) is 6.06. The Morgan fingerprint density at radius 2 is 1.73 bits per heavy atom. The first-order valence-corrected chi connectivity index (χ1v) is 10.2. The summed E-state index contributed by atoms with van der Waals surface area (Å²) in [7, 11) is 0. The van der Waals surface area contributed by atoms with E-state index in [1.54, 1.807) is 12.1 Å². The zero-order chi connectivity index (χ0) is 21.9. The van der Waals surface area contributed by atoms with Gasteiger partial charge in [-0.2, -0.15) is 13.2 Å². The lowest BCUT2D eigenvalue weighted by Gasteiger charge is -2.45. The second kappa shape index (κ2) is 8.91. The van der Waals surface area contributed by atoms with E-state index >= 15 is 0 Å². The highest BCUT2D eigenvalue weighted by atomic mass is 19.4. The maximum Gasteiger partial charge on any atom is 0.490 e. The van der Waals surface area contributed by atoms with Crippen molar-refractivity contribution < 1.29 is 32.3 Å². The van der Waals surface area contributed by atoms with Gasteiger partial charge in [0.2, 0.25) is 0 Å². The molecule has 0 bridgehead atoms. The molecule has 1 aromatic carbocycles. The number of aliphatic carboxylic acids is 1. The molecule has 0 aromatic heterocycles. The Bertz CT molecular complexity index is 772. The SMILES string of the molecule is O=C(O)C(F)(F)F.O=C(c1cccc(F)c1)N1CCC2(CCCN2CC2CC2)CC1. The van der Waals surface area contributed by atoms with Crippen molar-refractivity contribution in [2.24, 2.45) is 5.92 Å². The molecule has 1 aromatic rings. The van der Waals surface area contributed by atoms with Crippen LogP contribution in [0, 0.1) is 11.7 Å². The maximum absolute atomic E-state index is 13.3. The molecule has 2 aliphatic heterocycles. The first kappa shape index (κ1) is 22.5. The molecule has 0 unspecified atom stereocenters. The van der Waals surface area contributed by atoms with Crippen LogP contribution in [-0.2, 0) is 4.79 Å². The summed E-state index contributed by atoms with van der Waals surface area (Å²) in [6.45, 7) is 4.10. The van der Waals surface area contributed by atoms with E-state index in [1.807, 2.05) is 4.90 Å². The van der Waals surface area contributed by atoms with E-state index in [4.69, 9.17) is 9.90 Å². The van der Waals surface area contributed by atoms with Crippen LogP contribution in [0.4, 0.5) is 17.6 Å². The highest BCUT2D eigenvalue weighted by Crippen LogP contribution is 2.41. The molecule has 3 fully saturated rings. The molecule has 1 saturated carbocycles. The lowest BCUT2D eigenvalue weighted by Crippen LogP contribution is -2.53. The number of likely N-dealkylation sites (tertiary alicyclic amines) is 2. The molecule has 4 rings (SSSR count). The Labute approximate surface area is 172 Å². The number of piperidine rings is 1. The van der Waals surface area contributed by atoms with Gasteiger partial charge in [-0.05, 0) is 69.2 Å². The summed E-state index contributed by atoms with van der Waals surface area (Å²) in [5, 5.41) is 7.12. The summed E-state index contributed by atoms with van der Waals surface area (Å²) in [4.78, 5) is 26.1. The summed E-state index contributed by atoms with van der Waals surface area (Å²) >= 11 is 0. The molecule has 166 valence electrons. The normalized spacial score (nSPS) is 21.3. The zero-order valence-electron chi connectivity index (χ0n) is 16.6. The number of carboxylic acids is 1. The molecule has 2 saturated heterocycles. The number of alkyl halides is 3. The van der Waals surface area contributed by atoms with Crippen molar-refractivity contribution in [3.8, 4) is 0 Å². The average Bonchev–Trinajstić information content (AvgIpc) is 3.43. The van der Waals surface area contributed by atoms with Crippen LogP contribution < -0.4 is 0 Å². The minimum atomic E-state index is -5.08. The Morgan fingerprint density at radius 1 is 1.10 bits per heavy atom. The van der Waals surface area contributed by atoms with Crippen LogP contribution in [0.3, 0.4) is 0 Å². The lowest BCUT2D eigenvalue weighted by molar-refractivity contribution is -0.192. The fourth-order valence-corrected chi connectivity index (χ4v) is 4.39. The van der Waals surface area contributed by atoms with E-state index in [0.29, 0.717) is 11.1 Å². The van der Waals surface area contributed by atoms with Crippen LogP contribution in [0.1, 0.15) is 48.9 Å². The van der Waals surface area contributed by atoms with Crippen molar-refractivity contribution in [2.45, 2.75) is 50.2 Å². The minimum absolute atomic E-state index is 0.0221. The van der Waals surface area contributed by atoms with Crippen LogP contribution >= 0.6 is 0 Å². The topological polar surface area (TPSA) is 60.9 Å². The molecule has 1 amide bonds. The summed E-state index contributed by atoms with van der Waals surface area (Å²) in [5.74, 6) is -2.19. The third-order valence-electron chi connectivity index (χ3n) is 6.21. The number of carbonyl (C=O) groups is 2. The Kier molecular flexibility index (Phi) is 6.69. The minimum Gasteiger partial charge on any atom is -0.475 e. The number of carboxylic acid groups (broad SMARTS) is 1. The number of carbonyl (C=O) groups excluding carboxylic acids is 1. The average molecular weight is 430 g/mol. The molecule has 5 nitrogen and oxygen atoms in total. The van der Waals surface area contributed by atoms with Gasteiger partial charge in [-0.25, -0.2) is 9.18 Å². The molecule has 0 atom stereocenters. The van der Waals surface area contributed by atoms with Crippen LogP contribution in [0.25, 0.3) is 0 Å². The quantitative estimate of drug-likeness (QED) is 0.738. The van der Waals surface area contributed by atoms with Gasteiger partial charge in [-0.3, -0.25) is 9.69 Å². The highest BCUT2D eigenvalue weighted by molar-refractivity contribution is 5.94.